The molecule has 0 fully saturated rings. The molecule has 1 heterocycles. The third-order valence-electron chi connectivity index (χ3n) is 14.7. The van der Waals surface area contributed by atoms with Gasteiger partial charge in [0.25, 0.3) is 0 Å². The molecule has 1 aliphatic heterocycles. The van der Waals surface area contributed by atoms with Crippen LogP contribution in [0.4, 0.5) is 34.1 Å². The smallest absolute Gasteiger partial charge is 0.0755 e. The summed E-state index contributed by atoms with van der Waals surface area (Å²) in [6.07, 6.45) is 0. The third-order valence-corrected chi connectivity index (χ3v) is 14.7. The summed E-state index contributed by atoms with van der Waals surface area (Å²) in [6, 6.07) is 90.1. The minimum Gasteiger partial charge on any atom is -0.310 e. The maximum Gasteiger partial charge on any atom is 0.0755 e. The summed E-state index contributed by atoms with van der Waals surface area (Å²) < 4.78 is 0. The van der Waals surface area contributed by atoms with Crippen molar-refractivity contribution in [2.24, 2.45) is 0 Å². The Morgan fingerprint density at radius 3 is 1.38 bits per heavy atom. The Bertz CT molecular complexity index is 3480. The van der Waals surface area contributed by atoms with Crippen molar-refractivity contribution in [3.8, 4) is 44.5 Å². The first-order valence-corrected chi connectivity index (χ1v) is 23.1. The van der Waals surface area contributed by atoms with Crippen molar-refractivity contribution in [3.05, 3.63) is 276 Å². The molecule has 10 aromatic rings. The van der Waals surface area contributed by atoms with Gasteiger partial charge in [-0.2, -0.15) is 0 Å². The van der Waals surface area contributed by atoms with Crippen LogP contribution in [-0.4, -0.2) is 0 Å². The van der Waals surface area contributed by atoms with Gasteiger partial charge in [0.2, 0.25) is 0 Å². The topological polar surface area (TPSA) is 6.48 Å². The fraction of sp³-hybridized carbons (Fsp3) is 0.0625. The van der Waals surface area contributed by atoms with Crippen LogP contribution in [-0.2, 0) is 10.8 Å². The molecule has 66 heavy (non-hydrogen) atoms. The molecule has 0 N–H and O–H groups in total. The van der Waals surface area contributed by atoms with Crippen LogP contribution in [0.15, 0.2) is 243 Å². The maximum atomic E-state index is 2.61. The van der Waals surface area contributed by atoms with Crippen molar-refractivity contribution < 1.29 is 0 Å². The number of anilines is 6. The van der Waals surface area contributed by atoms with Crippen LogP contribution in [0.1, 0.15) is 47.2 Å². The van der Waals surface area contributed by atoms with Crippen molar-refractivity contribution >= 4 is 34.1 Å². The van der Waals surface area contributed by atoms with E-state index in [4.69, 9.17) is 0 Å². The molecule has 0 saturated heterocycles. The van der Waals surface area contributed by atoms with Gasteiger partial charge < -0.3 is 9.80 Å². The standard InChI is InChI=1S/C64H46N2/c1-63(2)50-32-14-11-30-48(50)61-54(63)36-21-41-59(61)66(56-38-18-13-29-47(56)46-28-10-9-27-45(46)43-23-5-3-6-24-43)60-42-22-37-55-62(60)49-31-12-15-33-51(49)64(55)52-34-16-19-39-57(52)65(44-25-7-4-8-26-44)58-40-20-17-35-53(58)64/h3-42H,1-2H3. The molecule has 0 aromatic heterocycles. The second kappa shape index (κ2) is 14.7. The summed E-state index contributed by atoms with van der Waals surface area (Å²) in [4.78, 5) is 5.07. The van der Waals surface area contributed by atoms with Crippen molar-refractivity contribution in [3.63, 3.8) is 0 Å². The first-order valence-electron chi connectivity index (χ1n) is 23.1. The predicted molar refractivity (Wildman–Crippen MR) is 275 cm³/mol. The first kappa shape index (κ1) is 38.3. The van der Waals surface area contributed by atoms with Crippen LogP contribution >= 0.6 is 0 Å². The molecule has 2 aliphatic carbocycles. The van der Waals surface area contributed by atoms with Gasteiger partial charge in [0, 0.05) is 27.8 Å². The second-order valence-corrected chi connectivity index (χ2v) is 18.3. The van der Waals surface area contributed by atoms with E-state index in [-0.39, 0.29) is 5.41 Å². The highest BCUT2D eigenvalue weighted by molar-refractivity contribution is 6.06. The molecule has 0 radical (unpaired) electrons. The lowest BCUT2D eigenvalue weighted by Gasteiger charge is -2.45. The molecule has 0 amide bonds. The molecule has 13 rings (SSSR count). The van der Waals surface area contributed by atoms with Gasteiger partial charge in [-0.3, -0.25) is 0 Å². The van der Waals surface area contributed by atoms with Crippen LogP contribution in [0.2, 0.25) is 0 Å². The Morgan fingerprint density at radius 1 is 0.303 bits per heavy atom. The summed E-state index contributed by atoms with van der Waals surface area (Å²) >= 11 is 0. The maximum absolute atomic E-state index is 2.61. The van der Waals surface area contributed by atoms with E-state index in [9.17, 15) is 0 Å². The average Bonchev–Trinajstić information content (AvgIpc) is 3.81. The molecular formula is C64H46N2. The zero-order valence-corrected chi connectivity index (χ0v) is 37.0. The van der Waals surface area contributed by atoms with E-state index in [0.29, 0.717) is 0 Å². The minimum atomic E-state index is -0.598. The molecule has 1 spiro atoms. The Hall–Kier alpha value is -8.20. The van der Waals surface area contributed by atoms with Gasteiger partial charge in [-0.25, -0.2) is 0 Å². The van der Waals surface area contributed by atoms with Gasteiger partial charge in [-0.05, 0) is 104 Å². The number of hydrogen-bond acceptors (Lipinski definition) is 2. The third kappa shape index (κ3) is 5.30. The van der Waals surface area contributed by atoms with Crippen LogP contribution in [0.5, 0.6) is 0 Å². The van der Waals surface area contributed by atoms with Gasteiger partial charge >= 0.3 is 0 Å². The van der Waals surface area contributed by atoms with E-state index in [0.717, 1.165) is 17.1 Å². The molecule has 0 unspecified atom stereocenters. The van der Waals surface area contributed by atoms with Crippen LogP contribution < -0.4 is 9.80 Å². The largest absolute Gasteiger partial charge is 0.310 e. The van der Waals surface area contributed by atoms with E-state index in [1.54, 1.807) is 0 Å². The summed E-state index contributed by atoms with van der Waals surface area (Å²) in [5.41, 5.74) is 23.9. The number of benzene rings is 10. The summed E-state index contributed by atoms with van der Waals surface area (Å²) in [5.74, 6) is 0. The molecule has 0 bridgehead atoms. The van der Waals surface area contributed by atoms with E-state index >= 15 is 0 Å². The number of fused-ring (bicyclic) bond motifs is 12. The average molecular weight is 843 g/mol. The first-order chi connectivity index (χ1) is 32.6. The Labute approximate surface area is 387 Å². The highest BCUT2D eigenvalue weighted by Gasteiger charge is 2.52. The lowest BCUT2D eigenvalue weighted by molar-refractivity contribution is 0.660. The zero-order chi connectivity index (χ0) is 44.0. The van der Waals surface area contributed by atoms with Crippen LogP contribution in [0.3, 0.4) is 0 Å². The Balaban J connectivity index is 1.14. The molecule has 0 atom stereocenters. The number of rotatable bonds is 6. The minimum absolute atomic E-state index is 0.178. The molecule has 10 aromatic carbocycles. The monoisotopic (exact) mass is 842 g/mol. The van der Waals surface area contributed by atoms with Gasteiger partial charge in [-0.1, -0.05) is 214 Å². The lowest BCUT2D eigenvalue weighted by Crippen LogP contribution is -2.36. The molecule has 312 valence electrons. The van der Waals surface area contributed by atoms with Gasteiger partial charge in [0.1, 0.15) is 0 Å². The highest BCUT2D eigenvalue weighted by Crippen LogP contribution is 2.66. The van der Waals surface area contributed by atoms with Crippen molar-refractivity contribution in [1.82, 2.24) is 0 Å². The zero-order valence-electron chi connectivity index (χ0n) is 37.0. The quantitative estimate of drug-likeness (QED) is 0.165. The summed E-state index contributed by atoms with van der Waals surface area (Å²) in [6.45, 7) is 4.76. The number of para-hydroxylation sites is 4. The molecular weight excluding hydrogens is 797 g/mol. The van der Waals surface area contributed by atoms with Gasteiger partial charge in [0.15, 0.2) is 0 Å². The molecule has 2 heteroatoms. The van der Waals surface area contributed by atoms with Crippen LogP contribution in [0, 0.1) is 0 Å². The Kier molecular flexibility index (Phi) is 8.51. The lowest BCUT2D eigenvalue weighted by atomic mass is 9.64. The summed E-state index contributed by atoms with van der Waals surface area (Å²) in [5, 5.41) is 0. The second-order valence-electron chi connectivity index (χ2n) is 18.3. The molecule has 2 nitrogen and oxygen atoms in total. The van der Waals surface area contributed by atoms with Crippen molar-refractivity contribution in [2.45, 2.75) is 24.7 Å². The number of hydrogen-bond donors (Lipinski definition) is 0. The molecule has 0 saturated carbocycles. The molecule has 3 aliphatic rings. The SMILES string of the molecule is CC1(C)c2ccccc2-c2c(N(c3ccccc3-c3ccccc3-c3ccccc3)c3cccc4c3-c3ccccc3C43c4ccccc4N(c4ccccc4)c4ccccc43)cccc21. The predicted octanol–water partition coefficient (Wildman–Crippen LogP) is 16.9. The van der Waals surface area contributed by atoms with E-state index in [1.807, 2.05) is 0 Å². The van der Waals surface area contributed by atoms with E-state index in [2.05, 4.69) is 266 Å². The van der Waals surface area contributed by atoms with E-state index in [1.165, 1.54) is 95.0 Å². The van der Waals surface area contributed by atoms with Crippen molar-refractivity contribution in [1.29, 1.82) is 0 Å². The fourth-order valence-corrected chi connectivity index (χ4v) is 12.0. The van der Waals surface area contributed by atoms with Crippen molar-refractivity contribution in [2.75, 3.05) is 9.80 Å². The normalized spacial score (nSPS) is 14.1. The fourth-order valence-electron chi connectivity index (χ4n) is 12.0. The van der Waals surface area contributed by atoms with E-state index < -0.39 is 5.41 Å². The summed E-state index contributed by atoms with van der Waals surface area (Å²) in [7, 11) is 0. The van der Waals surface area contributed by atoms with Gasteiger partial charge in [0.05, 0.1) is 33.9 Å². The van der Waals surface area contributed by atoms with Gasteiger partial charge in [-0.15, -0.1) is 0 Å². The highest BCUT2D eigenvalue weighted by atomic mass is 15.2. The van der Waals surface area contributed by atoms with Crippen LogP contribution in [0.25, 0.3) is 44.5 Å². The number of nitrogens with zero attached hydrogens (tertiary/aromatic N) is 2. The Morgan fingerprint density at radius 2 is 0.727 bits per heavy atom.